The topological polar surface area (TPSA) is 44.8 Å². The second-order valence-corrected chi connectivity index (χ2v) is 2.82. The highest BCUT2D eigenvalue weighted by molar-refractivity contribution is 5.70. The monoisotopic (exact) mass is 204 g/mol. The van der Waals surface area contributed by atoms with E-state index in [1.54, 1.807) is 6.92 Å². The van der Waals surface area contributed by atoms with Crippen molar-refractivity contribution in [3.8, 4) is 0 Å². The van der Waals surface area contributed by atoms with E-state index >= 15 is 0 Å². The van der Waals surface area contributed by atoms with Crippen molar-refractivity contribution in [1.82, 2.24) is 0 Å². The Balaban J connectivity index is 3.01. The molecule has 84 valence electrons. The fourth-order valence-corrected chi connectivity index (χ4v) is 0.824. The van der Waals surface area contributed by atoms with Gasteiger partial charge >= 0.3 is 5.97 Å². The van der Waals surface area contributed by atoms with Gasteiger partial charge in [-0.3, -0.25) is 0 Å². The molecule has 0 spiro atoms. The smallest absolute Gasteiger partial charge is 0.332 e. The molecule has 0 atom stereocenters. The van der Waals surface area contributed by atoms with Crippen LogP contribution >= 0.6 is 0 Å². The van der Waals surface area contributed by atoms with Crippen LogP contribution in [0.3, 0.4) is 0 Å². The average Bonchev–Trinajstić information content (AvgIpc) is 2.17. The van der Waals surface area contributed by atoms with Gasteiger partial charge < -0.3 is 14.2 Å². The van der Waals surface area contributed by atoms with Crippen LogP contribution in [0.5, 0.6) is 0 Å². The molecule has 0 unspecified atom stereocenters. The summed E-state index contributed by atoms with van der Waals surface area (Å²) in [6.45, 7) is 6.05. The molecule has 0 aliphatic rings. The molecule has 4 nitrogen and oxygen atoms in total. The van der Waals surface area contributed by atoms with Gasteiger partial charge in [-0.2, -0.15) is 0 Å². The van der Waals surface area contributed by atoms with Gasteiger partial charge in [-0.05, 0) is 13.3 Å². The molecule has 14 heavy (non-hydrogen) atoms. The Bertz CT molecular complexity index is 136. The third kappa shape index (κ3) is 9.48. The van der Waals surface area contributed by atoms with Crippen molar-refractivity contribution in [2.45, 2.75) is 26.7 Å². The maximum absolute atomic E-state index is 10.8. The number of ether oxygens (including phenoxy) is 3. The van der Waals surface area contributed by atoms with Crippen molar-refractivity contribution in [2.75, 3.05) is 33.0 Å². The fraction of sp³-hybridized carbons (Fsp3) is 0.900. The first-order valence-electron chi connectivity index (χ1n) is 5.12. The van der Waals surface area contributed by atoms with E-state index < -0.39 is 0 Å². The first-order valence-corrected chi connectivity index (χ1v) is 5.12. The molecular formula is C10H20O4. The summed E-state index contributed by atoms with van der Waals surface area (Å²) in [6.07, 6.45) is 2.20. The lowest BCUT2D eigenvalue weighted by atomic mass is 10.4. The number of esters is 1. The molecular weight excluding hydrogens is 184 g/mol. The molecule has 0 rings (SSSR count). The minimum Gasteiger partial charge on any atom is -0.464 e. The second kappa shape index (κ2) is 10.5. The van der Waals surface area contributed by atoms with Crippen molar-refractivity contribution < 1.29 is 19.0 Å². The van der Waals surface area contributed by atoms with Crippen LogP contribution in [0.1, 0.15) is 26.7 Å². The zero-order valence-electron chi connectivity index (χ0n) is 9.08. The molecule has 0 saturated carbocycles. The van der Waals surface area contributed by atoms with E-state index in [0.717, 1.165) is 19.4 Å². The molecule has 0 aliphatic heterocycles. The van der Waals surface area contributed by atoms with Gasteiger partial charge in [-0.1, -0.05) is 13.3 Å². The number of rotatable bonds is 9. The first kappa shape index (κ1) is 13.4. The molecule has 0 N–H and O–H groups in total. The van der Waals surface area contributed by atoms with E-state index in [9.17, 15) is 4.79 Å². The highest BCUT2D eigenvalue weighted by atomic mass is 16.6. The predicted octanol–water partition coefficient (Wildman–Crippen LogP) is 1.38. The van der Waals surface area contributed by atoms with E-state index in [1.165, 1.54) is 0 Å². The van der Waals surface area contributed by atoms with Crippen LogP contribution in [0.15, 0.2) is 0 Å². The van der Waals surface area contributed by atoms with E-state index in [1.807, 2.05) is 0 Å². The minimum absolute atomic E-state index is 0.0188. The summed E-state index contributed by atoms with van der Waals surface area (Å²) in [5.41, 5.74) is 0. The molecule has 0 aromatic heterocycles. The van der Waals surface area contributed by atoms with E-state index in [4.69, 9.17) is 9.47 Å². The van der Waals surface area contributed by atoms with Crippen molar-refractivity contribution in [3.05, 3.63) is 0 Å². The van der Waals surface area contributed by atoms with E-state index in [0.29, 0.717) is 19.8 Å². The predicted molar refractivity (Wildman–Crippen MR) is 53.2 cm³/mol. The largest absolute Gasteiger partial charge is 0.464 e. The second-order valence-electron chi connectivity index (χ2n) is 2.82. The first-order chi connectivity index (χ1) is 6.81. The fourth-order valence-electron chi connectivity index (χ4n) is 0.824. The van der Waals surface area contributed by atoms with Gasteiger partial charge in [0.2, 0.25) is 0 Å². The zero-order chi connectivity index (χ0) is 10.6. The maximum atomic E-state index is 10.8. The number of carbonyl (C=O) groups excluding carboxylic acids is 1. The standard InChI is InChI=1S/C10H20O4/c1-3-5-6-12-7-8-13-9-10(11)14-4-2/h3-9H2,1-2H3. The zero-order valence-corrected chi connectivity index (χ0v) is 9.08. The summed E-state index contributed by atoms with van der Waals surface area (Å²) in [7, 11) is 0. The summed E-state index contributed by atoms with van der Waals surface area (Å²) in [6, 6.07) is 0. The summed E-state index contributed by atoms with van der Waals surface area (Å²) >= 11 is 0. The Hall–Kier alpha value is -0.610. The molecule has 0 bridgehead atoms. The van der Waals surface area contributed by atoms with E-state index in [-0.39, 0.29) is 12.6 Å². The van der Waals surface area contributed by atoms with Crippen LogP contribution in [-0.2, 0) is 19.0 Å². The molecule has 0 aromatic carbocycles. The van der Waals surface area contributed by atoms with Crippen LogP contribution in [0.4, 0.5) is 0 Å². The molecule has 0 amide bonds. The number of hydrogen-bond donors (Lipinski definition) is 0. The normalized spacial score (nSPS) is 10.1. The Morgan fingerprint density at radius 1 is 1.07 bits per heavy atom. The highest BCUT2D eigenvalue weighted by Gasteiger charge is 2.00. The van der Waals surface area contributed by atoms with Crippen LogP contribution < -0.4 is 0 Å². The average molecular weight is 204 g/mol. The lowest BCUT2D eigenvalue weighted by molar-refractivity contribution is -0.148. The minimum atomic E-state index is -0.318. The Labute approximate surface area is 85.5 Å². The highest BCUT2D eigenvalue weighted by Crippen LogP contribution is 1.88. The molecule has 4 heteroatoms. The number of hydrogen-bond acceptors (Lipinski definition) is 4. The van der Waals surface area contributed by atoms with Crippen LogP contribution in [0, 0.1) is 0 Å². The van der Waals surface area contributed by atoms with Crippen molar-refractivity contribution in [2.24, 2.45) is 0 Å². The van der Waals surface area contributed by atoms with Crippen LogP contribution in [0.25, 0.3) is 0 Å². The third-order valence-electron chi connectivity index (χ3n) is 1.54. The SMILES string of the molecule is CCCCOCCOCC(=O)OCC. The summed E-state index contributed by atoms with van der Waals surface area (Å²) < 4.78 is 14.9. The van der Waals surface area contributed by atoms with Gasteiger partial charge in [0.05, 0.1) is 19.8 Å². The van der Waals surface area contributed by atoms with Crippen molar-refractivity contribution in [3.63, 3.8) is 0 Å². The Morgan fingerprint density at radius 2 is 1.79 bits per heavy atom. The molecule has 0 aliphatic carbocycles. The Morgan fingerprint density at radius 3 is 2.43 bits per heavy atom. The van der Waals surface area contributed by atoms with E-state index in [2.05, 4.69) is 11.7 Å². The molecule has 0 aromatic rings. The van der Waals surface area contributed by atoms with Crippen LogP contribution in [-0.4, -0.2) is 39.0 Å². The van der Waals surface area contributed by atoms with Gasteiger partial charge in [0, 0.05) is 6.61 Å². The van der Waals surface area contributed by atoms with Gasteiger partial charge in [-0.25, -0.2) is 4.79 Å². The molecule has 0 saturated heterocycles. The van der Waals surface area contributed by atoms with Crippen molar-refractivity contribution in [1.29, 1.82) is 0 Å². The van der Waals surface area contributed by atoms with Crippen molar-refractivity contribution >= 4 is 5.97 Å². The summed E-state index contributed by atoms with van der Waals surface area (Å²) in [5.74, 6) is -0.318. The lowest BCUT2D eigenvalue weighted by Crippen LogP contribution is -2.15. The maximum Gasteiger partial charge on any atom is 0.332 e. The Kier molecular flexibility index (Phi) is 10.0. The number of unbranched alkanes of at least 4 members (excludes halogenated alkanes) is 1. The molecule has 0 radical (unpaired) electrons. The number of carbonyl (C=O) groups is 1. The lowest BCUT2D eigenvalue weighted by Gasteiger charge is -2.04. The molecule has 0 fully saturated rings. The summed E-state index contributed by atoms with van der Waals surface area (Å²) in [4.78, 5) is 10.8. The molecule has 0 heterocycles. The third-order valence-corrected chi connectivity index (χ3v) is 1.54. The summed E-state index contributed by atoms with van der Waals surface area (Å²) in [5, 5.41) is 0. The van der Waals surface area contributed by atoms with Gasteiger partial charge in [-0.15, -0.1) is 0 Å². The van der Waals surface area contributed by atoms with Gasteiger partial charge in [0.1, 0.15) is 6.61 Å². The van der Waals surface area contributed by atoms with Gasteiger partial charge in [0.25, 0.3) is 0 Å². The van der Waals surface area contributed by atoms with Gasteiger partial charge in [0.15, 0.2) is 0 Å². The quantitative estimate of drug-likeness (QED) is 0.420. The van der Waals surface area contributed by atoms with Crippen LogP contribution in [0.2, 0.25) is 0 Å².